The van der Waals surface area contributed by atoms with Gasteiger partial charge in [0.15, 0.2) is 11.5 Å². The molecule has 1 aromatic carbocycles. The van der Waals surface area contributed by atoms with Crippen LogP contribution < -0.4 is 14.8 Å². The van der Waals surface area contributed by atoms with Crippen molar-refractivity contribution in [2.75, 3.05) is 20.3 Å². The minimum Gasteiger partial charge on any atom is -0.493 e. The third-order valence-corrected chi connectivity index (χ3v) is 3.76. The molecule has 1 heterocycles. The number of benzene rings is 1. The monoisotopic (exact) mass is 337 g/mol. The molecule has 1 saturated heterocycles. The van der Waals surface area contributed by atoms with E-state index in [4.69, 9.17) is 19.3 Å². The fraction of sp³-hybridized carbons (Fsp3) is 0.529. The van der Waals surface area contributed by atoms with E-state index in [1.807, 2.05) is 13.8 Å². The van der Waals surface area contributed by atoms with Crippen LogP contribution in [0.4, 0.5) is 0 Å². The highest BCUT2D eigenvalue weighted by molar-refractivity contribution is 5.95. The van der Waals surface area contributed by atoms with Crippen LogP contribution in [0.15, 0.2) is 18.2 Å². The van der Waals surface area contributed by atoms with Gasteiger partial charge in [-0.25, -0.2) is 0 Å². The molecule has 1 aliphatic heterocycles. The number of hydrogen-bond donors (Lipinski definition) is 2. The molecule has 0 saturated carbocycles. The van der Waals surface area contributed by atoms with Crippen molar-refractivity contribution in [1.82, 2.24) is 5.32 Å². The van der Waals surface area contributed by atoms with E-state index in [0.29, 0.717) is 30.1 Å². The number of hydrogen-bond acceptors (Lipinski definition) is 5. The second-order valence-electron chi connectivity index (χ2n) is 6.14. The first-order valence-corrected chi connectivity index (χ1v) is 7.82. The van der Waals surface area contributed by atoms with Gasteiger partial charge in [0.05, 0.1) is 31.8 Å². The lowest BCUT2D eigenvalue weighted by Crippen LogP contribution is -2.50. The zero-order chi connectivity index (χ0) is 17.7. The number of carbonyl (C=O) groups is 2. The second kappa shape index (κ2) is 7.53. The molecule has 2 N–H and O–H groups in total. The van der Waals surface area contributed by atoms with Gasteiger partial charge in [-0.2, -0.15) is 0 Å². The van der Waals surface area contributed by atoms with Crippen LogP contribution in [0.2, 0.25) is 0 Å². The Morgan fingerprint density at radius 3 is 2.67 bits per heavy atom. The van der Waals surface area contributed by atoms with Crippen molar-refractivity contribution < 1.29 is 28.9 Å². The summed E-state index contributed by atoms with van der Waals surface area (Å²) in [6, 6.07) is 4.87. The summed E-state index contributed by atoms with van der Waals surface area (Å²) < 4.78 is 16.2. The van der Waals surface area contributed by atoms with Gasteiger partial charge in [-0.05, 0) is 38.5 Å². The molecule has 0 bridgehead atoms. The number of nitrogens with one attached hydrogen (secondary N) is 1. The second-order valence-corrected chi connectivity index (χ2v) is 6.14. The Bertz CT molecular complexity index is 607. The molecule has 2 rings (SSSR count). The topological polar surface area (TPSA) is 94.1 Å². The van der Waals surface area contributed by atoms with Crippen LogP contribution >= 0.6 is 0 Å². The Balaban J connectivity index is 2.18. The summed E-state index contributed by atoms with van der Waals surface area (Å²) in [6.45, 7) is 4.42. The highest BCUT2D eigenvalue weighted by Crippen LogP contribution is 2.30. The van der Waals surface area contributed by atoms with E-state index in [1.165, 1.54) is 7.11 Å². The number of amides is 1. The molecule has 7 heteroatoms. The Kier molecular flexibility index (Phi) is 5.66. The maximum absolute atomic E-state index is 12.5. The number of ether oxygens (including phenoxy) is 3. The highest BCUT2D eigenvalue weighted by atomic mass is 16.5. The average molecular weight is 337 g/mol. The first kappa shape index (κ1) is 18.1. The fourth-order valence-corrected chi connectivity index (χ4v) is 2.65. The molecule has 0 radical (unpaired) electrons. The van der Waals surface area contributed by atoms with Gasteiger partial charge in [0.25, 0.3) is 5.91 Å². The Morgan fingerprint density at radius 1 is 1.38 bits per heavy atom. The predicted molar refractivity (Wildman–Crippen MR) is 86.6 cm³/mol. The minimum absolute atomic E-state index is 0.0203. The fourth-order valence-electron chi connectivity index (χ4n) is 2.65. The van der Waals surface area contributed by atoms with Crippen LogP contribution in [0.1, 0.15) is 37.0 Å². The molecule has 1 amide bonds. The normalized spacial score (nSPS) is 20.0. The first-order chi connectivity index (χ1) is 11.3. The summed E-state index contributed by atoms with van der Waals surface area (Å²) in [4.78, 5) is 23.6. The standard InChI is InChI=1S/C17H23NO6/c1-11(2)24-13-5-4-12(8-14(13)22-3)16(21)18-17(9-15(19)20)6-7-23-10-17/h4-5,8,11H,6-7,9-10H2,1-3H3,(H,18,21)(H,19,20). The molecule has 1 atom stereocenters. The molecule has 0 aliphatic carbocycles. The van der Waals surface area contributed by atoms with Crippen LogP contribution in [-0.4, -0.2) is 48.9 Å². The number of methoxy groups -OCH3 is 1. The molecule has 1 aromatic rings. The van der Waals surface area contributed by atoms with E-state index < -0.39 is 11.5 Å². The van der Waals surface area contributed by atoms with Crippen LogP contribution in [-0.2, 0) is 9.53 Å². The summed E-state index contributed by atoms with van der Waals surface area (Å²) in [5, 5.41) is 11.9. The van der Waals surface area contributed by atoms with Gasteiger partial charge in [0, 0.05) is 12.2 Å². The number of carbonyl (C=O) groups excluding carboxylic acids is 1. The quantitative estimate of drug-likeness (QED) is 0.788. The van der Waals surface area contributed by atoms with Crippen molar-refractivity contribution in [3.8, 4) is 11.5 Å². The highest BCUT2D eigenvalue weighted by Gasteiger charge is 2.38. The Hall–Kier alpha value is -2.28. The number of carboxylic acid groups (broad SMARTS) is 1. The maximum atomic E-state index is 12.5. The molecule has 0 aromatic heterocycles. The van der Waals surface area contributed by atoms with Crippen LogP contribution in [0.25, 0.3) is 0 Å². The van der Waals surface area contributed by atoms with Crippen molar-refractivity contribution >= 4 is 11.9 Å². The number of carboxylic acids is 1. The van der Waals surface area contributed by atoms with Gasteiger partial charge in [-0.1, -0.05) is 0 Å². The summed E-state index contributed by atoms with van der Waals surface area (Å²) in [7, 11) is 1.50. The van der Waals surface area contributed by atoms with Gasteiger partial charge in [0.2, 0.25) is 0 Å². The lowest BCUT2D eigenvalue weighted by atomic mass is 9.93. The van der Waals surface area contributed by atoms with Gasteiger partial charge >= 0.3 is 5.97 Å². The molecule has 132 valence electrons. The van der Waals surface area contributed by atoms with E-state index >= 15 is 0 Å². The van der Waals surface area contributed by atoms with E-state index in [2.05, 4.69) is 5.32 Å². The molecule has 1 fully saturated rings. The minimum atomic E-state index is -0.973. The van der Waals surface area contributed by atoms with Crippen LogP contribution in [0.3, 0.4) is 0 Å². The molecular weight excluding hydrogens is 314 g/mol. The lowest BCUT2D eigenvalue weighted by Gasteiger charge is -2.27. The van der Waals surface area contributed by atoms with E-state index in [-0.39, 0.29) is 25.0 Å². The van der Waals surface area contributed by atoms with Crippen LogP contribution in [0.5, 0.6) is 11.5 Å². The van der Waals surface area contributed by atoms with Gasteiger partial charge < -0.3 is 24.6 Å². The van der Waals surface area contributed by atoms with E-state index in [0.717, 1.165) is 0 Å². The number of aliphatic carboxylic acids is 1. The van der Waals surface area contributed by atoms with Crippen molar-refractivity contribution in [2.24, 2.45) is 0 Å². The number of rotatable bonds is 7. The molecule has 24 heavy (non-hydrogen) atoms. The third-order valence-electron chi connectivity index (χ3n) is 3.76. The molecule has 0 spiro atoms. The predicted octanol–water partition coefficient (Wildman–Crippen LogP) is 1.85. The smallest absolute Gasteiger partial charge is 0.305 e. The SMILES string of the molecule is COc1cc(C(=O)NC2(CC(=O)O)CCOC2)ccc1OC(C)C. The Labute approximate surface area is 140 Å². The lowest BCUT2D eigenvalue weighted by molar-refractivity contribution is -0.138. The molecule has 7 nitrogen and oxygen atoms in total. The molecule has 1 aliphatic rings. The molecular formula is C17H23NO6. The largest absolute Gasteiger partial charge is 0.493 e. The van der Waals surface area contributed by atoms with Crippen molar-refractivity contribution in [3.63, 3.8) is 0 Å². The third kappa shape index (κ3) is 4.38. The van der Waals surface area contributed by atoms with Crippen LogP contribution in [0, 0.1) is 0 Å². The van der Waals surface area contributed by atoms with E-state index in [1.54, 1.807) is 18.2 Å². The van der Waals surface area contributed by atoms with Gasteiger partial charge in [-0.3, -0.25) is 9.59 Å². The van der Waals surface area contributed by atoms with E-state index in [9.17, 15) is 9.59 Å². The van der Waals surface area contributed by atoms with Crippen molar-refractivity contribution in [3.05, 3.63) is 23.8 Å². The first-order valence-electron chi connectivity index (χ1n) is 7.82. The van der Waals surface area contributed by atoms with Gasteiger partial charge in [-0.15, -0.1) is 0 Å². The summed E-state index contributed by atoms with van der Waals surface area (Å²) in [6.07, 6.45) is 0.272. The van der Waals surface area contributed by atoms with Gasteiger partial charge in [0.1, 0.15) is 0 Å². The summed E-state index contributed by atoms with van der Waals surface area (Å²) in [5.74, 6) is -0.338. The maximum Gasteiger partial charge on any atom is 0.305 e. The average Bonchev–Trinajstić information content (AvgIpc) is 2.94. The Morgan fingerprint density at radius 2 is 2.12 bits per heavy atom. The van der Waals surface area contributed by atoms with Crippen molar-refractivity contribution in [2.45, 2.75) is 38.3 Å². The summed E-state index contributed by atoms with van der Waals surface area (Å²) >= 11 is 0. The summed E-state index contributed by atoms with van der Waals surface area (Å²) in [5.41, 5.74) is -0.497. The zero-order valence-corrected chi connectivity index (χ0v) is 14.1. The zero-order valence-electron chi connectivity index (χ0n) is 14.1. The molecule has 1 unspecified atom stereocenters. The van der Waals surface area contributed by atoms with Crippen molar-refractivity contribution in [1.29, 1.82) is 0 Å².